The monoisotopic (exact) mass is 506 g/mol. The Morgan fingerprint density at radius 2 is 1.78 bits per heavy atom. The molecule has 0 radical (unpaired) electrons. The van der Waals surface area contributed by atoms with Crippen LogP contribution in [0.2, 0.25) is 0 Å². The highest BCUT2D eigenvalue weighted by atomic mass is 16.5. The van der Waals surface area contributed by atoms with E-state index < -0.39 is 5.60 Å². The van der Waals surface area contributed by atoms with Crippen molar-refractivity contribution < 1.29 is 19.4 Å². The molecule has 37 heavy (non-hydrogen) atoms. The van der Waals surface area contributed by atoms with E-state index in [1.165, 1.54) is 0 Å². The van der Waals surface area contributed by atoms with Crippen LogP contribution in [0.3, 0.4) is 0 Å². The number of aryl methyl sites for hydroxylation is 3. The minimum Gasteiger partial charge on any atom is -0.492 e. The van der Waals surface area contributed by atoms with Gasteiger partial charge in [-0.25, -0.2) is 0 Å². The summed E-state index contributed by atoms with van der Waals surface area (Å²) in [7, 11) is 0. The molecule has 3 aromatic rings. The van der Waals surface area contributed by atoms with Crippen molar-refractivity contribution in [2.75, 3.05) is 39.4 Å². The van der Waals surface area contributed by atoms with Crippen LogP contribution in [0, 0.1) is 20.8 Å². The molecule has 1 fully saturated rings. The van der Waals surface area contributed by atoms with Gasteiger partial charge < -0.3 is 19.5 Å². The van der Waals surface area contributed by atoms with Crippen LogP contribution in [0.4, 0.5) is 0 Å². The van der Waals surface area contributed by atoms with Gasteiger partial charge >= 0.3 is 0 Å². The fourth-order valence-corrected chi connectivity index (χ4v) is 4.73. The molecular formula is C29H38N4O4. The Morgan fingerprint density at radius 1 is 1.00 bits per heavy atom. The average molecular weight is 507 g/mol. The number of aliphatic hydroxyl groups is 1. The molecule has 0 spiro atoms. The summed E-state index contributed by atoms with van der Waals surface area (Å²) in [6.07, 6.45) is 0. The van der Waals surface area contributed by atoms with Gasteiger partial charge in [0.25, 0.3) is 0 Å². The van der Waals surface area contributed by atoms with Crippen molar-refractivity contribution in [2.45, 2.75) is 46.4 Å². The normalized spacial score (nSPS) is 18.5. The molecule has 8 heteroatoms. The van der Waals surface area contributed by atoms with E-state index in [2.05, 4.69) is 22.1 Å². The topological polar surface area (TPSA) is 80.1 Å². The van der Waals surface area contributed by atoms with Crippen LogP contribution < -0.4 is 9.47 Å². The summed E-state index contributed by atoms with van der Waals surface area (Å²) >= 11 is 0. The zero-order valence-corrected chi connectivity index (χ0v) is 22.3. The second kappa shape index (κ2) is 11.8. The summed E-state index contributed by atoms with van der Waals surface area (Å²) < 4.78 is 13.9. The van der Waals surface area contributed by atoms with Crippen molar-refractivity contribution in [2.24, 2.45) is 0 Å². The molecule has 8 nitrogen and oxygen atoms in total. The lowest BCUT2D eigenvalue weighted by atomic mass is 10.0. The van der Waals surface area contributed by atoms with Gasteiger partial charge in [0, 0.05) is 38.8 Å². The number of carbonyl (C=O) groups is 1. The molecule has 1 aliphatic heterocycles. The Morgan fingerprint density at radius 3 is 2.49 bits per heavy atom. The fourth-order valence-electron chi connectivity index (χ4n) is 4.73. The van der Waals surface area contributed by atoms with Crippen molar-refractivity contribution >= 4 is 5.91 Å². The van der Waals surface area contributed by atoms with Gasteiger partial charge in [0.15, 0.2) is 0 Å². The molecule has 2 aromatic carbocycles. The van der Waals surface area contributed by atoms with Gasteiger partial charge in [-0.3, -0.25) is 14.4 Å². The Hall–Kier alpha value is -3.36. The van der Waals surface area contributed by atoms with E-state index >= 15 is 0 Å². The van der Waals surface area contributed by atoms with Crippen LogP contribution in [0.15, 0.2) is 54.6 Å². The van der Waals surface area contributed by atoms with Crippen molar-refractivity contribution in [3.8, 4) is 11.5 Å². The molecule has 1 atom stereocenters. The molecule has 0 bridgehead atoms. The van der Waals surface area contributed by atoms with Gasteiger partial charge in [-0.2, -0.15) is 5.10 Å². The summed E-state index contributed by atoms with van der Waals surface area (Å²) in [5.74, 6) is 1.46. The Balaban J connectivity index is 1.39. The quantitative estimate of drug-likeness (QED) is 0.480. The van der Waals surface area contributed by atoms with Crippen LogP contribution in [0.25, 0.3) is 0 Å². The maximum atomic E-state index is 12.2. The van der Waals surface area contributed by atoms with Crippen LogP contribution in [0.1, 0.15) is 29.4 Å². The van der Waals surface area contributed by atoms with E-state index in [1.54, 1.807) is 11.8 Å². The third-order valence-corrected chi connectivity index (χ3v) is 6.64. The first-order chi connectivity index (χ1) is 17.7. The van der Waals surface area contributed by atoms with Gasteiger partial charge in [-0.1, -0.05) is 29.8 Å². The lowest BCUT2D eigenvalue weighted by Crippen LogP contribution is -2.51. The highest BCUT2D eigenvalue weighted by Crippen LogP contribution is 2.21. The first-order valence-electron chi connectivity index (χ1n) is 12.8. The molecule has 1 amide bonds. The predicted molar refractivity (Wildman–Crippen MR) is 143 cm³/mol. The molecule has 0 saturated carbocycles. The molecule has 2 heterocycles. The van der Waals surface area contributed by atoms with E-state index in [1.807, 2.05) is 67.9 Å². The Bertz CT molecular complexity index is 1190. The largest absolute Gasteiger partial charge is 0.492 e. The summed E-state index contributed by atoms with van der Waals surface area (Å²) in [6, 6.07) is 17.9. The summed E-state index contributed by atoms with van der Waals surface area (Å²) in [6.45, 7) is 11.4. The highest BCUT2D eigenvalue weighted by Gasteiger charge is 2.36. The molecular weight excluding hydrogens is 468 g/mol. The smallest absolute Gasteiger partial charge is 0.219 e. The highest BCUT2D eigenvalue weighted by molar-refractivity contribution is 5.73. The summed E-state index contributed by atoms with van der Waals surface area (Å²) in [5, 5.41) is 16.0. The van der Waals surface area contributed by atoms with Gasteiger partial charge in [0.2, 0.25) is 5.91 Å². The van der Waals surface area contributed by atoms with Crippen LogP contribution in [-0.4, -0.2) is 75.6 Å². The summed E-state index contributed by atoms with van der Waals surface area (Å²) in [5.41, 5.74) is 3.16. The fraction of sp³-hybridized carbons (Fsp3) is 0.448. The van der Waals surface area contributed by atoms with Crippen molar-refractivity contribution in [3.05, 3.63) is 77.1 Å². The number of carbonyl (C=O) groups excluding carboxylic acids is 1. The minimum absolute atomic E-state index is 0.0476. The maximum absolute atomic E-state index is 12.2. The molecule has 1 saturated heterocycles. The first-order valence-corrected chi connectivity index (χ1v) is 12.8. The van der Waals surface area contributed by atoms with E-state index in [9.17, 15) is 9.90 Å². The molecule has 198 valence electrons. The molecule has 4 rings (SSSR count). The number of ether oxygens (including phenoxy) is 2. The second-order valence-electron chi connectivity index (χ2n) is 10.1. The number of amides is 1. The van der Waals surface area contributed by atoms with E-state index in [4.69, 9.17) is 9.47 Å². The van der Waals surface area contributed by atoms with Crippen molar-refractivity contribution in [1.82, 2.24) is 19.6 Å². The van der Waals surface area contributed by atoms with Crippen LogP contribution >= 0.6 is 0 Å². The Kier molecular flexibility index (Phi) is 8.51. The van der Waals surface area contributed by atoms with E-state index in [0.29, 0.717) is 45.1 Å². The predicted octanol–water partition coefficient (Wildman–Crippen LogP) is 3.36. The summed E-state index contributed by atoms with van der Waals surface area (Å²) in [4.78, 5) is 16.1. The first kappa shape index (κ1) is 26.7. The van der Waals surface area contributed by atoms with Crippen LogP contribution in [0.5, 0.6) is 11.5 Å². The molecule has 1 aromatic heterocycles. The third kappa shape index (κ3) is 7.57. The molecule has 0 unspecified atom stereocenters. The Labute approximate surface area is 219 Å². The number of β-amino-alcohol motifs (C(OH)–C–C–N with tert-alkyl or cyclic N) is 1. The van der Waals surface area contributed by atoms with Crippen molar-refractivity contribution in [3.63, 3.8) is 0 Å². The van der Waals surface area contributed by atoms with Gasteiger partial charge in [-0.15, -0.1) is 0 Å². The van der Waals surface area contributed by atoms with Crippen molar-refractivity contribution in [1.29, 1.82) is 0 Å². The third-order valence-electron chi connectivity index (χ3n) is 6.64. The standard InChI is InChI=1S/C29H38N4O4/c1-22-8-10-27(11-9-22)37-21-29(35)19-31(12-13-32(20-29)25(4)34)18-26-6-5-7-28(17-26)36-15-14-33-24(3)16-23(2)30-33/h5-11,16-17,35H,12-15,18-21H2,1-4H3/t29-/m1/s1. The zero-order chi connectivity index (χ0) is 26.4. The number of aromatic nitrogens is 2. The number of hydrogen-bond acceptors (Lipinski definition) is 6. The molecule has 0 aliphatic carbocycles. The van der Waals surface area contributed by atoms with E-state index in [0.717, 1.165) is 28.3 Å². The van der Waals surface area contributed by atoms with E-state index in [-0.39, 0.29) is 19.1 Å². The number of hydrogen-bond donors (Lipinski definition) is 1. The SMILES string of the molecule is CC(=O)N1CCN(Cc2cccc(OCCn3nc(C)cc3C)c2)C[C@](O)(COc2ccc(C)cc2)C1. The molecule has 1 aliphatic rings. The number of rotatable bonds is 9. The second-order valence-corrected chi connectivity index (χ2v) is 10.1. The number of nitrogens with zero attached hydrogens (tertiary/aromatic N) is 4. The molecule has 1 N–H and O–H groups in total. The van der Waals surface area contributed by atoms with Gasteiger partial charge in [0.05, 0.1) is 18.8 Å². The average Bonchev–Trinajstić information content (AvgIpc) is 3.07. The lowest BCUT2D eigenvalue weighted by molar-refractivity contribution is -0.132. The van der Waals surface area contributed by atoms with Gasteiger partial charge in [-0.05, 0) is 56.7 Å². The maximum Gasteiger partial charge on any atom is 0.219 e. The lowest BCUT2D eigenvalue weighted by Gasteiger charge is -2.32. The zero-order valence-electron chi connectivity index (χ0n) is 22.3. The van der Waals surface area contributed by atoms with Gasteiger partial charge in [0.1, 0.15) is 30.3 Å². The van der Waals surface area contributed by atoms with Crippen LogP contribution in [-0.2, 0) is 17.9 Å². The number of benzene rings is 2. The minimum atomic E-state index is -1.19.